The molecule has 24 heavy (non-hydrogen) atoms. The Balaban J connectivity index is 1.88. The molecule has 1 heterocycles. The van der Waals surface area contributed by atoms with Crippen LogP contribution in [0.3, 0.4) is 0 Å². The standard InChI is InChI=1S/C18H22N2O3S/c1-19-11-12-20(24(21,22)17-9-4-3-5-10-17)14-18(19)15-7-6-8-16(13-15)23-2/h3-10,13,18H,11-12,14H2,1-2H3. The molecule has 0 N–H and O–H groups in total. The highest BCUT2D eigenvalue weighted by Gasteiger charge is 2.33. The smallest absolute Gasteiger partial charge is 0.243 e. The molecule has 1 aliphatic heterocycles. The summed E-state index contributed by atoms with van der Waals surface area (Å²) in [6.07, 6.45) is 0. The van der Waals surface area contributed by atoms with Crippen molar-refractivity contribution in [3.8, 4) is 5.75 Å². The molecular weight excluding hydrogens is 324 g/mol. The SMILES string of the molecule is COc1cccc(C2CN(S(=O)(=O)c3ccccc3)CCN2C)c1. The van der Waals surface area contributed by atoms with Crippen LogP contribution in [0, 0.1) is 0 Å². The molecule has 0 saturated carbocycles. The van der Waals surface area contributed by atoms with Crippen LogP contribution in [0.1, 0.15) is 11.6 Å². The van der Waals surface area contributed by atoms with E-state index < -0.39 is 10.0 Å². The van der Waals surface area contributed by atoms with E-state index in [9.17, 15) is 8.42 Å². The molecule has 1 unspecified atom stereocenters. The van der Waals surface area contributed by atoms with Crippen molar-refractivity contribution in [1.29, 1.82) is 0 Å². The van der Waals surface area contributed by atoms with Crippen LogP contribution in [-0.2, 0) is 10.0 Å². The van der Waals surface area contributed by atoms with Crippen LogP contribution in [0.2, 0.25) is 0 Å². The minimum absolute atomic E-state index is 0.00679. The van der Waals surface area contributed by atoms with Gasteiger partial charge in [-0.15, -0.1) is 0 Å². The number of benzene rings is 2. The molecule has 0 amide bonds. The van der Waals surface area contributed by atoms with Crippen molar-refractivity contribution in [1.82, 2.24) is 9.21 Å². The van der Waals surface area contributed by atoms with Gasteiger partial charge in [-0.25, -0.2) is 8.42 Å². The summed E-state index contributed by atoms with van der Waals surface area (Å²) in [6.45, 7) is 1.61. The first-order chi connectivity index (χ1) is 11.5. The van der Waals surface area contributed by atoms with E-state index in [0.29, 0.717) is 24.5 Å². The number of methoxy groups -OCH3 is 1. The third-order valence-electron chi connectivity index (χ3n) is 4.47. The summed E-state index contributed by atoms with van der Waals surface area (Å²) in [5, 5.41) is 0. The van der Waals surface area contributed by atoms with E-state index in [1.54, 1.807) is 35.7 Å². The molecule has 0 aliphatic carbocycles. The number of sulfonamides is 1. The number of hydrogen-bond acceptors (Lipinski definition) is 4. The number of nitrogens with zero attached hydrogens (tertiary/aromatic N) is 2. The molecule has 0 spiro atoms. The van der Waals surface area contributed by atoms with Crippen LogP contribution in [0.15, 0.2) is 59.5 Å². The third-order valence-corrected chi connectivity index (χ3v) is 6.35. The number of likely N-dealkylation sites (N-methyl/N-ethyl adjacent to an activating group) is 1. The van der Waals surface area contributed by atoms with Crippen LogP contribution in [-0.4, -0.2) is 51.4 Å². The first kappa shape index (κ1) is 17.0. The summed E-state index contributed by atoms with van der Waals surface area (Å²) >= 11 is 0. The van der Waals surface area contributed by atoms with E-state index in [1.807, 2.05) is 37.4 Å². The lowest BCUT2D eigenvalue weighted by Crippen LogP contribution is -2.48. The van der Waals surface area contributed by atoms with Gasteiger partial charge in [0.05, 0.1) is 12.0 Å². The van der Waals surface area contributed by atoms with Gasteiger partial charge in [0.1, 0.15) is 5.75 Å². The van der Waals surface area contributed by atoms with Crippen LogP contribution in [0.5, 0.6) is 5.75 Å². The molecule has 2 aromatic carbocycles. The second-order valence-electron chi connectivity index (χ2n) is 5.95. The lowest BCUT2D eigenvalue weighted by atomic mass is 10.0. The van der Waals surface area contributed by atoms with Crippen LogP contribution in [0.4, 0.5) is 0 Å². The summed E-state index contributed by atoms with van der Waals surface area (Å²) in [5.74, 6) is 0.781. The Bertz CT molecular complexity index is 793. The average molecular weight is 346 g/mol. The Morgan fingerprint density at radius 3 is 2.50 bits per heavy atom. The zero-order valence-electron chi connectivity index (χ0n) is 13.9. The first-order valence-corrected chi connectivity index (χ1v) is 9.36. The molecule has 2 aromatic rings. The topological polar surface area (TPSA) is 49.9 Å². The van der Waals surface area contributed by atoms with Gasteiger partial charge in [-0.3, -0.25) is 4.90 Å². The van der Waals surface area contributed by atoms with Gasteiger partial charge in [0, 0.05) is 25.7 Å². The van der Waals surface area contributed by atoms with Gasteiger partial charge in [-0.05, 0) is 36.9 Å². The first-order valence-electron chi connectivity index (χ1n) is 7.92. The third kappa shape index (κ3) is 3.31. The maximum Gasteiger partial charge on any atom is 0.243 e. The van der Waals surface area contributed by atoms with Crippen molar-refractivity contribution in [2.45, 2.75) is 10.9 Å². The van der Waals surface area contributed by atoms with E-state index >= 15 is 0 Å². The fourth-order valence-electron chi connectivity index (χ4n) is 3.02. The van der Waals surface area contributed by atoms with Gasteiger partial charge in [-0.1, -0.05) is 30.3 Å². The van der Waals surface area contributed by atoms with Gasteiger partial charge in [0.25, 0.3) is 0 Å². The summed E-state index contributed by atoms with van der Waals surface area (Å²) in [5.41, 5.74) is 1.06. The lowest BCUT2D eigenvalue weighted by Gasteiger charge is -2.39. The molecule has 5 nitrogen and oxygen atoms in total. The van der Waals surface area contributed by atoms with Crippen molar-refractivity contribution >= 4 is 10.0 Å². The second-order valence-corrected chi connectivity index (χ2v) is 7.89. The normalized spacial score (nSPS) is 20.0. The van der Waals surface area contributed by atoms with Crippen molar-refractivity contribution in [2.75, 3.05) is 33.8 Å². The maximum absolute atomic E-state index is 12.9. The van der Waals surface area contributed by atoms with Crippen molar-refractivity contribution in [3.05, 3.63) is 60.2 Å². The molecular formula is C18H22N2O3S. The Labute approximate surface area is 143 Å². The predicted molar refractivity (Wildman–Crippen MR) is 93.6 cm³/mol. The van der Waals surface area contributed by atoms with E-state index in [-0.39, 0.29) is 6.04 Å². The van der Waals surface area contributed by atoms with Crippen molar-refractivity contribution in [2.24, 2.45) is 0 Å². The maximum atomic E-state index is 12.9. The highest BCUT2D eigenvalue weighted by atomic mass is 32.2. The highest BCUT2D eigenvalue weighted by Crippen LogP contribution is 2.29. The minimum atomic E-state index is -3.47. The van der Waals surface area contributed by atoms with Gasteiger partial charge < -0.3 is 4.74 Å². The molecule has 128 valence electrons. The predicted octanol–water partition coefficient (Wildman–Crippen LogP) is 2.37. The average Bonchev–Trinajstić information content (AvgIpc) is 2.62. The Morgan fingerprint density at radius 1 is 1.04 bits per heavy atom. The van der Waals surface area contributed by atoms with Gasteiger partial charge in [-0.2, -0.15) is 4.31 Å². The Morgan fingerprint density at radius 2 is 1.79 bits per heavy atom. The molecule has 3 rings (SSSR count). The van der Waals surface area contributed by atoms with E-state index in [1.165, 1.54) is 0 Å². The van der Waals surface area contributed by atoms with Crippen molar-refractivity contribution < 1.29 is 13.2 Å². The van der Waals surface area contributed by atoms with Crippen LogP contribution < -0.4 is 4.74 Å². The zero-order valence-corrected chi connectivity index (χ0v) is 14.7. The van der Waals surface area contributed by atoms with Gasteiger partial charge in [0.2, 0.25) is 10.0 Å². The fourth-order valence-corrected chi connectivity index (χ4v) is 4.48. The Hall–Kier alpha value is -1.89. The molecule has 6 heteroatoms. The molecule has 0 aromatic heterocycles. The molecule has 1 atom stereocenters. The van der Waals surface area contributed by atoms with Crippen LogP contribution >= 0.6 is 0 Å². The largest absolute Gasteiger partial charge is 0.497 e. The summed E-state index contributed by atoms with van der Waals surface area (Å²) in [6, 6.07) is 16.4. The van der Waals surface area contributed by atoms with Crippen LogP contribution in [0.25, 0.3) is 0 Å². The Kier molecular flexibility index (Phi) is 4.89. The number of hydrogen-bond donors (Lipinski definition) is 0. The number of piperazine rings is 1. The minimum Gasteiger partial charge on any atom is -0.497 e. The highest BCUT2D eigenvalue weighted by molar-refractivity contribution is 7.89. The summed E-state index contributed by atoms with van der Waals surface area (Å²) < 4.78 is 32.6. The van der Waals surface area contributed by atoms with E-state index in [2.05, 4.69) is 4.90 Å². The summed E-state index contributed by atoms with van der Waals surface area (Å²) in [4.78, 5) is 2.53. The fraction of sp³-hybridized carbons (Fsp3) is 0.333. The molecule has 1 aliphatic rings. The molecule has 1 fully saturated rings. The van der Waals surface area contributed by atoms with Gasteiger partial charge >= 0.3 is 0 Å². The molecule has 1 saturated heterocycles. The van der Waals surface area contributed by atoms with Crippen molar-refractivity contribution in [3.63, 3.8) is 0 Å². The molecule has 0 radical (unpaired) electrons. The zero-order chi connectivity index (χ0) is 17.2. The quantitative estimate of drug-likeness (QED) is 0.853. The second kappa shape index (κ2) is 6.93. The van der Waals surface area contributed by atoms with Gasteiger partial charge in [0.15, 0.2) is 0 Å². The number of ether oxygens (including phenoxy) is 1. The molecule has 0 bridgehead atoms. The monoisotopic (exact) mass is 346 g/mol. The van der Waals surface area contributed by atoms with E-state index in [4.69, 9.17) is 4.74 Å². The summed E-state index contributed by atoms with van der Waals surface area (Å²) in [7, 11) is 0.193. The lowest BCUT2D eigenvalue weighted by molar-refractivity contribution is 0.148. The van der Waals surface area contributed by atoms with E-state index in [0.717, 1.165) is 11.3 Å². The number of rotatable bonds is 4.